The molecule has 1 aromatic carbocycles. The molecule has 0 unspecified atom stereocenters. The first kappa shape index (κ1) is 24.5. The van der Waals surface area contributed by atoms with Crippen molar-refractivity contribution < 1.29 is 38.1 Å². The predicted octanol–water partition coefficient (Wildman–Crippen LogP) is 3.45. The molecule has 0 spiro atoms. The highest BCUT2D eigenvalue weighted by Crippen LogP contribution is 2.28. The van der Waals surface area contributed by atoms with Gasteiger partial charge in [-0.25, -0.2) is 14.4 Å². The van der Waals surface area contributed by atoms with Gasteiger partial charge in [-0.15, -0.1) is 0 Å². The number of ether oxygens (including phenoxy) is 5. The molecule has 0 bridgehead atoms. The summed E-state index contributed by atoms with van der Waals surface area (Å²) in [5.74, 6) is -0.779. The molecule has 0 fully saturated rings. The molecule has 2 aromatic rings. The fraction of sp³-hybridized carbons (Fsp3) is 0.348. The number of benzene rings is 1. The van der Waals surface area contributed by atoms with E-state index in [4.69, 9.17) is 23.7 Å². The Morgan fingerprint density at radius 1 is 0.938 bits per heavy atom. The standard InChI is InChI=1S/C23H27NO8/c1-6-30-22(26)20-14(3)21(23(27)31-7-2)24-16(20)13-32-19(25)11-9-15-8-10-17(28-4)18(12-15)29-5/h8-12,24H,6-7,13H2,1-5H3/b11-9+. The van der Waals surface area contributed by atoms with Gasteiger partial charge in [-0.1, -0.05) is 6.07 Å². The number of carbonyl (C=O) groups is 3. The van der Waals surface area contributed by atoms with Gasteiger partial charge >= 0.3 is 17.9 Å². The third kappa shape index (κ3) is 5.90. The molecular formula is C23H27NO8. The first-order valence-electron chi connectivity index (χ1n) is 9.98. The molecule has 2 rings (SSSR count). The highest BCUT2D eigenvalue weighted by molar-refractivity contribution is 5.98. The topological polar surface area (TPSA) is 113 Å². The molecule has 0 atom stereocenters. The highest BCUT2D eigenvalue weighted by atomic mass is 16.5. The lowest BCUT2D eigenvalue weighted by molar-refractivity contribution is -0.139. The van der Waals surface area contributed by atoms with Crippen molar-refractivity contribution >= 4 is 24.0 Å². The van der Waals surface area contributed by atoms with Crippen LogP contribution in [0.5, 0.6) is 11.5 Å². The van der Waals surface area contributed by atoms with Crippen molar-refractivity contribution in [3.8, 4) is 11.5 Å². The zero-order valence-corrected chi connectivity index (χ0v) is 18.8. The van der Waals surface area contributed by atoms with Crippen molar-refractivity contribution in [1.29, 1.82) is 0 Å². The van der Waals surface area contributed by atoms with E-state index in [1.807, 2.05) is 0 Å². The smallest absolute Gasteiger partial charge is 0.355 e. The number of esters is 3. The lowest BCUT2D eigenvalue weighted by Crippen LogP contribution is -2.10. The molecule has 9 nitrogen and oxygen atoms in total. The number of aromatic nitrogens is 1. The van der Waals surface area contributed by atoms with E-state index in [9.17, 15) is 14.4 Å². The van der Waals surface area contributed by atoms with Crippen LogP contribution in [0.1, 0.15) is 51.5 Å². The van der Waals surface area contributed by atoms with Crippen molar-refractivity contribution in [3.05, 3.63) is 52.4 Å². The molecule has 172 valence electrons. The summed E-state index contributed by atoms with van der Waals surface area (Å²) in [7, 11) is 3.05. The minimum absolute atomic E-state index is 0.113. The molecule has 0 saturated carbocycles. The predicted molar refractivity (Wildman–Crippen MR) is 116 cm³/mol. The summed E-state index contributed by atoms with van der Waals surface area (Å²) >= 11 is 0. The van der Waals surface area contributed by atoms with E-state index in [1.165, 1.54) is 20.3 Å². The van der Waals surface area contributed by atoms with Crippen LogP contribution in [0.4, 0.5) is 0 Å². The molecule has 0 aliphatic heterocycles. The molecule has 0 radical (unpaired) electrons. The summed E-state index contributed by atoms with van der Waals surface area (Å²) in [6.07, 6.45) is 2.80. The summed E-state index contributed by atoms with van der Waals surface area (Å²) < 4.78 is 25.7. The van der Waals surface area contributed by atoms with Gasteiger partial charge in [-0.2, -0.15) is 0 Å². The van der Waals surface area contributed by atoms with Crippen LogP contribution in [-0.2, 0) is 25.6 Å². The van der Waals surface area contributed by atoms with Gasteiger partial charge < -0.3 is 28.7 Å². The molecule has 0 aliphatic rings. The quantitative estimate of drug-likeness (QED) is 0.336. The number of hydrogen-bond acceptors (Lipinski definition) is 8. The van der Waals surface area contributed by atoms with Crippen LogP contribution < -0.4 is 9.47 Å². The number of aromatic amines is 1. The lowest BCUT2D eigenvalue weighted by atomic mass is 10.1. The monoisotopic (exact) mass is 445 g/mol. The summed E-state index contributed by atoms with van der Waals surface area (Å²) in [5, 5.41) is 0. The van der Waals surface area contributed by atoms with E-state index in [1.54, 1.807) is 45.0 Å². The van der Waals surface area contributed by atoms with Crippen LogP contribution in [0.2, 0.25) is 0 Å². The maximum Gasteiger partial charge on any atom is 0.355 e. The molecule has 0 aliphatic carbocycles. The second-order valence-corrected chi connectivity index (χ2v) is 6.47. The molecular weight excluding hydrogens is 418 g/mol. The Morgan fingerprint density at radius 3 is 2.22 bits per heavy atom. The van der Waals surface area contributed by atoms with Crippen molar-refractivity contribution in [2.75, 3.05) is 27.4 Å². The zero-order valence-electron chi connectivity index (χ0n) is 18.8. The van der Waals surface area contributed by atoms with Gasteiger partial charge in [0.25, 0.3) is 0 Å². The van der Waals surface area contributed by atoms with E-state index in [-0.39, 0.29) is 36.8 Å². The maximum absolute atomic E-state index is 12.4. The van der Waals surface area contributed by atoms with Crippen LogP contribution >= 0.6 is 0 Å². The van der Waals surface area contributed by atoms with Crippen molar-refractivity contribution in [3.63, 3.8) is 0 Å². The Labute approximate surface area is 186 Å². The fourth-order valence-electron chi connectivity index (χ4n) is 2.97. The Morgan fingerprint density at radius 2 is 1.59 bits per heavy atom. The number of H-pyrrole nitrogens is 1. The highest BCUT2D eigenvalue weighted by Gasteiger charge is 2.26. The molecule has 9 heteroatoms. The largest absolute Gasteiger partial charge is 0.493 e. The van der Waals surface area contributed by atoms with E-state index in [2.05, 4.69) is 4.98 Å². The van der Waals surface area contributed by atoms with Crippen LogP contribution in [0.25, 0.3) is 6.08 Å². The van der Waals surface area contributed by atoms with Crippen molar-refractivity contribution in [2.45, 2.75) is 27.4 Å². The normalized spacial score (nSPS) is 10.7. The molecule has 1 heterocycles. The number of nitrogens with one attached hydrogen (secondary N) is 1. The molecule has 1 aromatic heterocycles. The Hall–Kier alpha value is -3.75. The third-order valence-corrected chi connectivity index (χ3v) is 4.47. The minimum atomic E-state index is -0.639. The minimum Gasteiger partial charge on any atom is -0.493 e. The SMILES string of the molecule is CCOC(=O)c1[nH]c(COC(=O)/C=C/c2ccc(OC)c(OC)c2)c(C(=O)OCC)c1C. The summed E-state index contributed by atoms with van der Waals surface area (Å²) in [5.41, 5.74) is 1.58. The van der Waals surface area contributed by atoms with Crippen LogP contribution in [0.3, 0.4) is 0 Å². The van der Waals surface area contributed by atoms with Crippen LogP contribution in [0.15, 0.2) is 24.3 Å². The fourth-order valence-corrected chi connectivity index (χ4v) is 2.97. The molecule has 32 heavy (non-hydrogen) atoms. The summed E-state index contributed by atoms with van der Waals surface area (Å²) in [4.78, 5) is 39.6. The third-order valence-electron chi connectivity index (χ3n) is 4.47. The maximum atomic E-state index is 12.4. The Balaban J connectivity index is 2.17. The number of methoxy groups -OCH3 is 2. The van der Waals surface area contributed by atoms with E-state index in [0.717, 1.165) is 0 Å². The van der Waals surface area contributed by atoms with Gasteiger partial charge in [0.15, 0.2) is 11.5 Å². The second-order valence-electron chi connectivity index (χ2n) is 6.47. The van der Waals surface area contributed by atoms with Gasteiger partial charge in [0.05, 0.1) is 38.7 Å². The van der Waals surface area contributed by atoms with Gasteiger partial charge in [0.1, 0.15) is 12.3 Å². The zero-order chi connectivity index (χ0) is 23.7. The summed E-state index contributed by atoms with van der Waals surface area (Å²) in [6.45, 7) is 5.02. The van der Waals surface area contributed by atoms with Crippen molar-refractivity contribution in [1.82, 2.24) is 4.98 Å². The average molecular weight is 445 g/mol. The van der Waals surface area contributed by atoms with Crippen LogP contribution in [-0.4, -0.2) is 50.3 Å². The van der Waals surface area contributed by atoms with Gasteiger partial charge in [-0.05, 0) is 50.1 Å². The number of carbonyl (C=O) groups excluding carboxylic acids is 3. The first-order valence-corrected chi connectivity index (χ1v) is 9.98. The molecule has 0 saturated heterocycles. The number of rotatable bonds is 10. The van der Waals surface area contributed by atoms with Crippen LogP contribution in [0, 0.1) is 6.92 Å². The van der Waals surface area contributed by atoms with E-state index in [0.29, 0.717) is 22.6 Å². The average Bonchev–Trinajstić information content (AvgIpc) is 3.12. The van der Waals surface area contributed by atoms with Gasteiger partial charge in [0, 0.05) is 6.08 Å². The van der Waals surface area contributed by atoms with E-state index >= 15 is 0 Å². The van der Waals surface area contributed by atoms with E-state index < -0.39 is 17.9 Å². The summed E-state index contributed by atoms with van der Waals surface area (Å²) in [6, 6.07) is 5.18. The second kappa shape index (κ2) is 11.6. The van der Waals surface area contributed by atoms with Crippen molar-refractivity contribution in [2.24, 2.45) is 0 Å². The number of hydrogen-bond donors (Lipinski definition) is 1. The lowest BCUT2D eigenvalue weighted by Gasteiger charge is -2.07. The molecule has 0 amide bonds. The molecule has 1 N–H and O–H groups in total. The first-order chi connectivity index (χ1) is 15.4. The Bertz CT molecular complexity index is 1010. The Kier molecular flexibility index (Phi) is 8.88. The van der Waals surface area contributed by atoms with Gasteiger partial charge in [-0.3, -0.25) is 0 Å². The van der Waals surface area contributed by atoms with Gasteiger partial charge in [0.2, 0.25) is 0 Å².